The van der Waals surface area contributed by atoms with Crippen LogP contribution in [0.4, 0.5) is 0 Å². The van der Waals surface area contributed by atoms with Crippen LogP contribution in [0.15, 0.2) is 24.3 Å². The number of nitrogens with one attached hydrogen (secondary N) is 1. The molecule has 0 saturated carbocycles. The topological polar surface area (TPSA) is 104 Å². The summed E-state index contributed by atoms with van der Waals surface area (Å²) in [4.78, 5) is 24.9. The summed E-state index contributed by atoms with van der Waals surface area (Å²) in [5.41, 5.74) is 0.341. The quantitative estimate of drug-likeness (QED) is 0.840. The monoisotopic (exact) mass is 326 g/mol. The predicted molar refractivity (Wildman–Crippen MR) is 80.3 cm³/mol. The molecule has 120 valence electrons. The zero-order valence-corrected chi connectivity index (χ0v) is 13.0. The van der Waals surface area contributed by atoms with Crippen LogP contribution in [0.3, 0.4) is 0 Å². The Morgan fingerprint density at radius 2 is 2.00 bits per heavy atom. The van der Waals surface area contributed by atoms with Crippen LogP contribution < -0.4 is 4.72 Å². The van der Waals surface area contributed by atoms with E-state index in [0.29, 0.717) is 24.9 Å². The van der Waals surface area contributed by atoms with E-state index in [-0.39, 0.29) is 24.1 Å². The highest BCUT2D eigenvalue weighted by atomic mass is 32.2. The van der Waals surface area contributed by atoms with Crippen molar-refractivity contribution in [3.8, 4) is 0 Å². The van der Waals surface area contributed by atoms with Gasteiger partial charge in [-0.2, -0.15) is 0 Å². The number of nitrogens with zero attached hydrogens (tertiary/aromatic N) is 1. The van der Waals surface area contributed by atoms with E-state index in [1.54, 1.807) is 11.0 Å². The maximum Gasteiger partial charge on any atom is 0.335 e. The molecule has 1 saturated heterocycles. The molecule has 0 aliphatic carbocycles. The fourth-order valence-corrected chi connectivity index (χ4v) is 3.33. The van der Waals surface area contributed by atoms with Gasteiger partial charge in [-0.3, -0.25) is 4.79 Å². The smallest absolute Gasteiger partial charge is 0.335 e. The van der Waals surface area contributed by atoms with Crippen LogP contribution in [0.5, 0.6) is 0 Å². The number of aromatic carboxylic acids is 1. The standard InChI is InChI=1S/C14H18N2O5S/c1-22(20,21)15-12-6-3-7-16(9-12)13(17)10-4-2-5-11(8-10)14(18)19/h2,4-5,8,12,15H,3,6-7,9H2,1H3,(H,18,19)/t12-/m1/s1. The summed E-state index contributed by atoms with van der Waals surface area (Å²) in [6, 6.07) is 5.52. The van der Waals surface area contributed by atoms with Crippen LogP contribution >= 0.6 is 0 Å². The number of carbonyl (C=O) groups excluding carboxylic acids is 1. The number of piperidine rings is 1. The van der Waals surface area contributed by atoms with Crippen molar-refractivity contribution >= 4 is 21.9 Å². The molecule has 22 heavy (non-hydrogen) atoms. The van der Waals surface area contributed by atoms with Crippen molar-refractivity contribution in [2.24, 2.45) is 0 Å². The lowest BCUT2D eigenvalue weighted by atomic mass is 10.0. The van der Waals surface area contributed by atoms with E-state index in [1.807, 2.05) is 0 Å². The molecule has 0 radical (unpaired) electrons. The third kappa shape index (κ3) is 4.28. The molecule has 1 aliphatic rings. The Bertz CT molecular complexity index is 686. The molecule has 1 fully saturated rings. The minimum atomic E-state index is -3.32. The molecule has 0 bridgehead atoms. The molecule has 1 aromatic carbocycles. The SMILES string of the molecule is CS(=O)(=O)N[C@@H]1CCCN(C(=O)c2cccc(C(=O)O)c2)C1. The number of benzene rings is 1. The average molecular weight is 326 g/mol. The highest BCUT2D eigenvalue weighted by molar-refractivity contribution is 7.88. The second-order valence-electron chi connectivity index (χ2n) is 5.37. The first-order chi connectivity index (χ1) is 10.3. The molecule has 0 spiro atoms. The van der Waals surface area contributed by atoms with Gasteiger partial charge in [0.05, 0.1) is 11.8 Å². The molecule has 0 aromatic heterocycles. The predicted octanol–water partition coefficient (Wildman–Crippen LogP) is 0.539. The largest absolute Gasteiger partial charge is 0.478 e. The Kier molecular flexibility index (Phi) is 4.82. The summed E-state index contributed by atoms with van der Waals surface area (Å²) < 4.78 is 25.1. The summed E-state index contributed by atoms with van der Waals surface area (Å²) in [7, 11) is -3.32. The first kappa shape index (κ1) is 16.4. The Hall–Kier alpha value is -1.93. The van der Waals surface area contributed by atoms with Gasteiger partial charge in [0.1, 0.15) is 0 Å². The molecule has 0 unspecified atom stereocenters. The van der Waals surface area contributed by atoms with Gasteiger partial charge in [-0.15, -0.1) is 0 Å². The normalized spacial score (nSPS) is 19.0. The number of carbonyl (C=O) groups is 2. The van der Waals surface area contributed by atoms with Crippen LogP contribution in [0.25, 0.3) is 0 Å². The lowest BCUT2D eigenvalue weighted by molar-refractivity contribution is 0.0696. The molecule has 7 nitrogen and oxygen atoms in total. The van der Waals surface area contributed by atoms with Crippen molar-refractivity contribution in [1.82, 2.24) is 9.62 Å². The number of sulfonamides is 1. The van der Waals surface area contributed by atoms with Gasteiger partial charge < -0.3 is 10.0 Å². The number of carboxylic acid groups (broad SMARTS) is 1. The van der Waals surface area contributed by atoms with E-state index >= 15 is 0 Å². The summed E-state index contributed by atoms with van der Waals surface area (Å²) in [6.07, 6.45) is 2.45. The van der Waals surface area contributed by atoms with Crippen molar-refractivity contribution in [3.05, 3.63) is 35.4 Å². The average Bonchev–Trinajstić information content (AvgIpc) is 2.45. The lowest BCUT2D eigenvalue weighted by Gasteiger charge is -2.32. The Labute approximate surface area is 129 Å². The van der Waals surface area contributed by atoms with Gasteiger partial charge in [0, 0.05) is 24.7 Å². The highest BCUT2D eigenvalue weighted by Crippen LogP contribution is 2.15. The Balaban J connectivity index is 2.12. The van der Waals surface area contributed by atoms with Crippen molar-refractivity contribution in [2.75, 3.05) is 19.3 Å². The zero-order chi connectivity index (χ0) is 16.3. The number of hydrogen-bond donors (Lipinski definition) is 2. The first-order valence-electron chi connectivity index (χ1n) is 6.86. The number of carboxylic acids is 1. The molecule has 1 aliphatic heterocycles. The van der Waals surface area contributed by atoms with Crippen LogP contribution in [0.1, 0.15) is 33.6 Å². The van der Waals surface area contributed by atoms with Gasteiger partial charge in [0.2, 0.25) is 10.0 Å². The van der Waals surface area contributed by atoms with E-state index < -0.39 is 16.0 Å². The zero-order valence-electron chi connectivity index (χ0n) is 12.2. The molecule has 1 atom stereocenters. The van der Waals surface area contributed by atoms with Gasteiger partial charge in [0.15, 0.2) is 0 Å². The minimum Gasteiger partial charge on any atom is -0.478 e. The van der Waals surface area contributed by atoms with Crippen molar-refractivity contribution in [2.45, 2.75) is 18.9 Å². The van der Waals surface area contributed by atoms with Crippen LogP contribution in [0.2, 0.25) is 0 Å². The first-order valence-corrected chi connectivity index (χ1v) is 8.75. The molecule has 1 heterocycles. The maximum atomic E-state index is 12.4. The van der Waals surface area contributed by atoms with Gasteiger partial charge in [-0.05, 0) is 31.0 Å². The molecule has 2 rings (SSSR count). The van der Waals surface area contributed by atoms with E-state index in [2.05, 4.69) is 4.72 Å². The number of rotatable bonds is 4. The summed E-state index contributed by atoms with van der Waals surface area (Å²) >= 11 is 0. The van der Waals surface area contributed by atoms with Gasteiger partial charge >= 0.3 is 5.97 Å². The van der Waals surface area contributed by atoms with E-state index in [4.69, 9.17) is 5.11 Å². The molecule has 1 amide bonds. The van der Waals surface area contributed by atoms with Crippen molar-refractivity contribution in [1.29, 1.82) is 0 Å². The second kappa shape index (κ2) is 6.45. The summed E-state index contributed by atoms with van der Waals surface area (Å²) in [6.45, 7) is 0.807. The van der Waals surface area contributed by atoms with Gasteiger partial charge in [0.25, 0.3) is 5.91 Å². The molecule has 2 N–H and O–H groups in total. The Morgan fingerprint density at radius 3 is 2.64 bits per heavy atom. The third-order valence-corrected chi connectivity index (χ3v) is 4.21. The number of likely N-dealkylation sites (tertiary alicyclic amines) is 1. The molecule has 8 heteroatoms. The maximum absolute atomic E-state index is 12.4. The fourth-order valence-electron chi connectivity index (χ4n) is 2.53. The van der Waals surface area contributed by atoms with Crippen molar-refractivity contribution in [3.63, 3.8) is 0 Å². The second-order valence-corrected chi connectivity index (χ2v) is 7.15. The van der Waals surface area contributed by atoms with Gasteiger partial charge in [-0.25, -0.2) is 17.9 Å². The van der Waals surface area contributed by atoms with E-state index in [0.717, 1.165) is 6.26 Å². The highest BCUT2D eigenvalue weighted by Gasteiger charge is 2.26. The van der Waals surface area contributed by atoms with Crippen LogP contribution in [-0.4, -0.2) is 55.7 Å². The minimum absolute atomic E-state index is 0.0497. The third-order valence-electron chi connectivity index (χ3n) is 3.45. The van der Waals surface area contributed by atoms with Crippen molar-refractivity contribution < 1.29 is 23.1 Å². The molecule has 1 aromatic rings. The summed E-state index contributed by atoms with van der Waals surface area (Å²) in [5, 5.41) is 8.97. The Morgan fingerprint density at radius 1 is 1.32 bits per heavy atom. The van der Waals surface area contributed by atoms with Gasteiger partial charge in [-0.1, -0.05) is 6.07 Å². The lowest BCUT2D eigenvalue weighted by Crippen LogP contribution is -2.49. The number of hydrogen-bond acceptors (Lipinski definition) is 4. The van der Waals surface area contributed by atoms with E-state index in [1.165, 1.54) is 18.2 Å². The van der Waals surface area contributed by atoms with Crippen LogP contribution in [0, 0.1) is 0 Å². The van der Waals surface area contributed by atoms with Crippen LogP contribution in [-0.2, 0) is 10.0 Å². The molecular formula is C14H18N2O5S. The number of amides is 1. The fraction of sp³-hybridized carbons (Fsp3) is 0.429. The van der Waals surface area contributed by atoms with E-state index in [9.17, 15) is 18.0 Å². The summed E-state index contributed by atoms with van der Waals surface area (Å²) in [5.74, 6) is -1.38. The molecular weight excluding hydrogens is 308 g/mol.